The third-order valence-corrected chi connectivity index (χ3v) is 3.86. The van der Waals surface area contributed by atoms with Crippen LogP contribution in [0.1, 0.15) is 25.8 Å². The zero-order chi connectivity index (χ0) is 14.4. The highest BCUT2D eigenvalue weighted by atomic mass is 35.5. The maximum atomic E-state index is 11.8. The van der Waals surface area contributed by atoms with Gasteiger partial charge in [0.05, 0.1) is 6.04 Å². The standard InChI is InChI=1S/C14H20Cl2N2O.ClH/c1-3-9(2)13(17)14(19)18-7-6-10-4-5-11(15)8-12(10)16;/h4-5,8-9,13H,3,6-7,17H2,1-2H3,(H,18,19);1H. The summed E-state index contributed by atoms with van der Waals surface area (Å²) in [6.07, 6.45) is 1.55. The van der Waals surface area contributed by atoms with Gasteiger partial charge in [-0.15, -0.1) is 12.4 Å². The van der Waals surface area contributed by atoms with Crippen LogP contribution in [0.2, 0.25) is 10.0 Å². The van der Waals surface area contributed by atoms with Crippen LogP contribution in [0.3, 0.4) is 0 Å². The molecule has 2 atom stereocenters. The molecule has 1 aromatic carbocycles. The second-order valence-electron chi connectivity index (χ2n) is 4.69. The minimum atomic E-state index is -0.453. The fraction of sp³-hybridized carbons (Fsp3) is 0.500. The Morgan fingerprint density at radius 2 is 2.05 bits per heavy atom. The van der Waals surface area contributed by atoms with Crippen molar-refractivity contribution in [2.24, 2.45) is 11.7 Å². The molecule has 0 spiro atoms. The van der Waals surface area contributed by atoms with E-state index in [0.717, 1.165) is 12.0 Å². The van der Waals surface area contributed by atoms with Gasteiger partial charge in [-0.1, -0.05) is 49.5 Å². The topological polar surface area (TPSA) is 55.1 Å². The summed E-state index contributed by atoms with van der Waals surface area (Å²) in [6.45, 7) is 4.51. The van der Waals surface area contributed by atoms with Gasteiger partial charge in [0.15, 0.2) is 0 Å². The number of nitrogens with two attached hydrogens (primary N) is 1. The smallest absolute Gasteiger partial charge is 0.237 e. The molecule has 0 aliphatic carbocycles. The van der Waals surface area contributed by atoms with Gasteiger partial charge in [0.2, 0.25) is 5.91 Å². The molecule has 1 rings (SSSR count). The lowest BCUT2D eigenvalue weighted by molar-refractivity contribution is -0.123. The highest BCUT2D eigenvalue weighted by Gasteiger charge is 2.18. The Kier molecular flexibility index (Phi) is 9.23. The van der Waals surface area contributed by atoms with E-state index in [0.29, 0.717) is 23.0 Å². The van der Waals surface area contributed by atoms with Crippen molar-refractivity contribution >= 4 is 41.5 Å². The van der Waals surface area contributed by atoms with Crippen LogP contribution in [0.25, 0.3) is 0 Å². The van der Waals surface area contributed by atoms with Crippen molar-refractivity contribution in [2.45, 2.75) is 32.7 Å². The molecule has 20 heavy (non-hydrogen) atoms. The molecule has 0 bridgehead atoms. The van der Waals surface area contributed by atoms with Crippen molar-refractivity contribution in [3.63, 3.8) is 0 Å². The van der Waals surface area contributed by atoms with Crippen LogP contribution in [0.15, 0.2) is 18.2 Å². The number of halogens is 3. The van der Waals surface area contributed by atoms with E-state index in [4.69, 9.17) is 28.9 Å². The van der Waals surface area contributed by atoms with Crippen molar-refractivity contribution in [3.05, 3.63) is 33.8 Å². The molecule has 0 aliphatic rings. The molecule has 0 saturated heterocycles. The Balaban J connectivity index is 0.00000361. The Hall–Kier alpha value is -0.480. The molecule has 0 radical (unpaired) electrons. The fourth-order valence-corrected chi connectivity index (χ4v) is 2.18. The van der Waals surface area contributed by atoms with Gasteiger partial charge < -0.3 is 11.1 Å². The monoisotopic (exact) mass is 338 g/mol. The lowest BCUT2D eigenvalue weighted by atomic mass is 9.99. The molecule has 0 heterocycles. The first kappa shape index (κ1) is 19.5. The quantitative estimate of drug-likeness (QED) is 0.834. The number of hydrogen-bond donors (Lipinski definition) is 2. The molecule has 0 aromatic heterocycles. The summed E-state index contributed by atoms with van der Waals surface area (Å²) < 4.78 is 0. The number of amides is 1. The van der Waals surface area contributed by atoms with Gasteiger partial charge >= 0.3 is 0 Å². The van der Waals surface area contributed by atoms with E-state index in [1.807, 2.05) is 19.9 Å². The van der Waals surface area contributed by atoms with E-state index in [-0.39, 0.29) is 24.2 Å². The van der Waals surface area contributed by atoms with Crippen molar-refractivity contribution in [1.82, 2.24) is 5.32 Å². The second-order valence-corrected chi connectivity index (χ2v) is 5.53. The Bertz CT molecular complexity index is 440. The molecule has 0 saturated carbocycles. The first-order valence-corrected chi connectivity index (χ1v) is 7.18. The third kappa shape index (κ3) is 5.88. The maximum absolute atomic E-state index is 11.8. The van der Waals surface area contributed by atoms with E-state index >= 15 is 0 Å². The lowest BCUT2D eigenvalue weighted by Gasteiger charge is -2.17. The van der Waals surface area contributed by atoms with Crippen LogP contribution < -0.4 is 11.1 Å². The molecule has 3 N–H and O–H groups in total. The molecule has 1 amide bonds. The largest absolute Gasteiger partial charge is 0.354 e. The minimum absolute atomic E-state index is 0. The lowest BCUT2D eigenvalue weighted by Crippen LogP contribution is -2.45. The minimum Gasteiger partial charge on any atom is -0.354 e. The zero-order valence-corrected chi connectivity index (χ0v) is 14.0. The average molecular weight is 340 g/mol. The molecule has 0 fully saturated rings. The fourth-order valence-electron chi connectivity index (χ4n) is 1.67. The van der Waals surface area contributed by atoms with Crippen molar-refractivity contribution < 1.29 is 4.79 Å². The van der Waals surface area contributed by atoms with Crippen LogP contribution in [-0.4, -0.2) is 18.5 Å². The Labute approximate surface area is 136 Å². The SMILES string of the molecule is CCC(C)C(N)C(=O)NCCc1ccc(Cl)cc1Cl.Cl. The highest BCUT2D eigenvalue weighted by molar-refractivity contribution is 6.35. The van der Waals surface area contributed by atoms with Crippen LogP contribution >= 0.6 is 35.6 Å². The van der Waals surface area contributed by atoms with Gasteiger partial charge in [-0.25, -0.2) is 0 Å². The number of rotatable bonds is 6. The summed E-state index contributed by atoms with van der Waals surface area (Å²) in [5.41, 5.74) is 6.81. The molecule has 0 aliphatic heterocycles. The van der Waals surface area contributed by atoms with Crippen LogP contribution in [0.4, 0.5) is 0 Å². The summed E-state index contributed by atoms with van der Waals surface area (Å²) in [7, 11) is 0. The molecule has 3 nitrogen and oxygen atoms in total. The van der Waals surface area contributed by atoms with Crippen LogP contribution in [-0.2, 0) is 11.2 Å². The summed E-state index contributed by atoms with van der Waals surface area (Å²) in [5.74, 6) is 0.0681. The van der Waals surface area contributed by atoms with E-state index in [9.17, 15) is 4.79 Å². The number of benzene rings is 1. The third-order valence-electron chi connectivity index (χ3n) is 3.27. The first-order valence-electron chi connectivity index (χ1n) is 6.43. The van der Waals surface area contributed by atoms with Crippen molar-refractivity contribution in [2.75, 3.05) is 6.54 Å². The van der Waals surface area contributed by atoms with E-state index in [2.05, 4.69) is 5.32 Å². The summed E-state index contributed by atoms with van der Waals surface area (Å²) in [6, 6.07) is 4.90. The van der Waals surface area contributed by atoms with Gasteiger partial charge in [-0.2, -0.15) is 0 Å². The van der Waals surface area contributed by atoms with Gasteiger partial charge in [0.25, 0.3) is 0 Å². The summed E-state index contributed by atoms with van der Waals surface area (Å²) >= 11 is 11.9. The maximum Gasteiger partial charge on any atom is 0.237 e. The second kappa shape index (κ2) is 9.46. The molecule has 2 unspecified atom stereocenters. The molecular formula is C14H21Cl3N2O. The zero-order valence-electron chi connectivity index (χ0n) is 11.7. The van der Waals surface area contributed by atoms with Gasteiger partial charge in [0, 0.05) is 16.6 Å². The van der Waals surface area contributed by atoms with Gasteiger partial charge in [0.1, 0.15) is 0 Å². The molecular weight excluding hydrogens is 319 g/mol. The Morgan fingerprint density at radius 1 is 1.40 bits per heavy atom. The number of hydrogen-bond acceptors (Lipinski definition) is 2. The predicted octanol–water partition coefficient (Wildman–Crippen LogP) is 3.45. The molecule has 114 valence electrons. The van der Waals surface area contributed by atoms with Gasteiger partial charge in [-0.05, 0) is 30.0 Å². The normalized spacial score (nSPS) is 13.2. The van der Waals surface area contributed by atoms with E-state index in [1.54, 1.807) is 12.1 Å². The van der Waals surface area contributed by atoms with Crippen molar-refractivity contribution in [3.8, 4) is 0 Å². The molecule has 1 aromatic rings. The number of carbonyl (C=O) groups excluding carboxylic acids is 1. The first-order chi connectivity index (χ1) is 8.95. The molecule has 6 heteroatoms. The summed E-state index contributed by atoms with van der Waals surface area (Å²) in [4.78, 5) is 11.8. The van der Waals surface area contributed by atoms with E-state index < -0.39 is 6.04 Å². The summed E-state index contributed by atoms with van der Waals surface area (Å²) in [5, 5.41) is 4.06. The van der Waals surface area contributed by atoms with Crippen molar-refractivity contribution in [1.29, 1.82) is 0 Å². The average Bonchev–Trinajstić information content (AvgIpc) is 2.39. The Morgan fingerprint density at radius 3 is 2.60 bits per heavy atom. The van der Waals surface area contributed by atoms with Gasteiger partial charge in [-0.3, -0.25) is 4.79 Å². The predicted molar refractivity (Wildman–Crippen MR) is 87.9 cm³/mol. The number of carbonyl (C=O) groups is 1. The highest BCUT2D eigenvalue weighted by Crippen LogP contribution is 2.21. The number of nitrogens with one attached hydrogen (secondary N) is 1. The van der Waals surface area contributed by atoms with E-state index in [1.165, 1.54) is 0 Å². The van der Waals surface area contributed by atoms with Crippen LogP contribution in [0.5, 0.6) is 0 Å². The van der Waals surface area contributed by atoms with Crippen LogP contribution in [0, 0.1) is 5.92 Å².